The molecule has 0 amide bonds. The van der Waals surface area contributed by atoms with E-state index >= 15 is 0 Å². The van der Waals surface area contributed by atoms with Crippen LogP contribution in [0, 0.1) is 18.3 Å². The maximum absolute atomic E-state index is 12.4. The first-order valence-electron chi connectivity index (χ1n) is 7.33. The Bertz CT molecular complexity index is 1040. The number of nitrogens with zero attached hydrogens (tertiary/aromatic N) is 3. The third-order valence-electron chi connectivity index (χ3n) is 3.40. The number of aryl methyl sites for hydroxylation is 1. The second-order valence-corrected chi connectivity index (χ2v) is 6.77. The van der Waals surface area contributed by atoms with Gasteiger partial charge in [-0.05, 0) is 43.3 Å². The molecule has 0 unspecified atom stereocenters. The van der Waals surface area contributed by atoms with Crippen LogP contribution in [0.5, 0.6) is 5.75 Å². The standard InChI is InChI=1S/C18H13N3O3S/c1-13-5-7-14(8-6-13)25(22,23)24-18-10-9-16(21-17(18)12-19)15-4-2-3-11-20-15/h2-11H,1H3. The van der Waals surface area contributed by atoms with E-state index in [1.54, 1.807) is 42.6 Å². The van der Waals surface area contributed by atoms with Crippen molar-refractivity contribution in [2.24, 2.45) is 0 Å². The lowest BCUT2D eigenvalue weighted by atomic mass is 10.2. The highest BCUT2D eigenvalue weighted by atomic mass is 32.2. The predicted octanol–water partition coefficient (Wildman–Crippen LogP) is 3.09. The summed E-state index contributed by atoms with van der Waals surface area (Å²) in [4.78, 5) is 8.30. The molecule has 1 aromatic carbocycles. The summed E-state index contributed by atoms with van der Waals surface area (Å²) < 4.78 is 29.8. The monoisotopic (exact) mass is 351 g/mol. The number of nitriles is 1. The fraction of sp³-hybridized carbons (Fsp3) is 0.0556. The first kappa shape index (κ1) is 16.6. The van der Waals surface area contributed by atoms with E-state index in [4.69, 9.17) is 4.18 Å². The van der Waals surface area contributed by atoms with Gasteiger partial charge in [0, 0.05) is 6.20 Å². The Morgan fingerprint density at radius 1 is 1.00 bits per heavy atom. The van der Waals surface area contributed by atoms with Gasteiger partial charge in [-0.3, -0.25) is 4.98 Å². The summed E-state index contributed by atoms with van der Waals surface area (Å²) in [5.74, 6) is -0.122. The summed E-state index contributed by atoms with van der Waals surface area (Å²) in [6.45, 7) is 1.85. The van der Waals surface area contributed by atoms with Gasteiger partial charge in [-0.1, -0.05) is 23.8 Å². The van der Waals surface area contributed by atoms with Crippen molar-refractivity contribution in [1.29, 1.82) is 5.26 Å². The Balaban J connectivity index is 1.95. The van der Waals surface area contributed by atoms with Crippen molar-refractivity contribution < 1.29 is 12.6 Å². The molecule has 7 heteroatoms. The average molecular weight is 351 g/mol. The van der Waals surface area contributed by atoms with Crippen molar-refractivity contribution in [2.75, 3.05) is 0 Å². The molecule has 3 aromatic rings. The maximum atomic E-state index is 12.4. The fourth-order valence-electron chi connectivity index (χ4n) is 2.12. The van der Waals surface area contributed by atoms with Crippen molar-refractivity contribution in [2.45, 2.75) is 11.8 Å². The Hall–Kier alpha value is -3.24. The molecule has 0 N–H and O–H groups in total. The van der Waals surface area contributed by atoms with Gasteiger partial charge in [0.05, 0.1) is 11.4 Å². The zero-order valence-corrected chi connectivity index (χ0v) is 14.1. The number of benzene rings is 1. The average Bonchev–Trinajstić information content (AvgIpc) is 2.63. The minimum atomic E-state index is -4.05. The Morgan fingerprint density at radius 3 is 2.40 bits per heavy atom. The van der Waals surface area contributed by atoms with Crippen LogP contribution in [0.3, 0.4) is 0 Å². The van der Waals surface area contributed by atoms with Gasteiger partial charge in [-0.15, -0.1) is 0 Å². The molecule has 124 valence electrons. The zero-order chi connectivity index (χ0) is 17.9. The molecule has 3 rings (SSSR count). The molecule has 0 saturated heterocycles. The van der Waals surface area contributed by atoms with E-state index in [1.165, 1.54) is 18.2 Å². The molecule has 0 radical (unpaired) electrons. The highest BCUT2D eigenvalue weighted by molar-refractivity contribution is 7.87. The first-order valence-corrected chi connectivity index (χ1v) is 8.74. The largest absolute Gasteiger partial charge is 0.376 e. The molecule has 2 heterocycles. The zero-order valence-electron chi connectivity index (χ0n) is 13.2. The lowest BCUT2D eigenvalue weighted by Crippen LogP contribution is -2.11. The van der Waals surface area contributed by atoms with E-state index in [0.29, 0.717) is 11.4 Å². The van der Waals surface area contributed by atoms with Crippen LogP contribution in [0.2, 0.25) is 0 Å². The molecule has 0 fully saturated rings. The minimum absolute atomic E-state index is 0.00999. The van der Waals surface area contributed by atoms with Crippen LogP contribution in [-0.4, -0.2) is 18.4 Å². The molecular weight excluding hydrogens is 338 g/mol. The first-order chi connectivity index (χ1) is 12.0. The van der Waals surface area contributed by atoms with Crippen molar-refractivity contribution in [1.82, 2.24) is 9.97 Å². The summed E-state index contributed by atoms with van der Waals surface area (Å²) in [6, 6.07) is 16.4. The van der Waals surface area contributed by atoms with Crippen molar-refractivity contribution >= 4 is 10.1 Å². The maximum Gasteiger partial charge on any atom is 0.339 e. The predicted molar refractivity (Wildman–Crippen MR) is 91.2 cm³/mol. The van der Waals surface area contributed by atoms with Crippen molar-refractivity contribution in [3.8, 4) is 23.2 Å². The lowest BCUT2D eigenvalue weighted by Gasteiger charge is -2.09. The minimum Gasteiger partial charge on any atom is -0.376 e. The number of rotatable bonds is 4. The molecule has 0 aliphatic heterocycles. The summed E-state index contributed by atoms with van der Waals surface area (Å²) in [5, 5.41) is 9.29. The third-order valence-corrected chi connectivity index (χ3v) is 4.65. The van der Waals surface area contributed by atoms with Gasteiger partial charge in [-0.25, -0.2) is 4.98 Å². The van der Waals surface area contributed by atoms with Gasteiger partial charge in [0.15, 0.2) is 11.4 Å². The molecule has 0 aliphatic rings. The Morgan fingerprint density at radius 2 is 1.76 bits per heavy atom. The van der Waals surface area contributed by atoms with E-state index < -0.39 is 10.1 Å². The lowest BCUT2D eigenvalue weighted by molar-refractivity contribution is 0.484. The van der Waals surface area contributed by atoms with Gasteiger partial charge in [-0.2, -0.15) is 13.7 Å². The molecule has 6 nitrogen and oxygen atoms in total. The van der Waals surface area contributed by atoms with Crippen LogP contribution < -0.4 is 4.18 Å². The van der Waals surface area contributed by atoms with Crippen LogP contribution in [0.4, 0.5) is 0 Å². The number of hydrogen-bond acceptors (Lipinski definition) is 6. The summed E-state index contributed by atoms with van der Waals surface area (Å²) in [5.41, 5.74) is 1.83. The topological polar surface area (TPSA) is 92.9 Å². The molecular formula is C18H13N3O3S. The molecule has 25 heavy (non-hydrogen) atoms. The van der Waals surface area contributed by atoms with Crippen molar-refractivity contribution in [3.63, 3.8) is 0 Å². The number of hydrogen-bond donors (Lipinski definition) is 0. The molecule has 0 bridgehead atoms. The Labute approximate surface area is 145 Å². The van der Waals surface area contributed by atoms with Gasteiger partial charge in [0.25, 0.3) is 0 Å². The smallest absolute Gasteiger partial charge is 0.339 e. The van der Waals surface area contributed by atoms with E-state index in [1.807, 2.05) is 13.0 Å². The van der Waals surface area contributed by atoms with Gasteiger partial charge < -0.3 is 4.18 Å². The van der Waals surface area contributed by atoms with Gasteiger partial charge in [0.2, 0.25) is 0 Å². The molecule has 0 spiro atoms. The summed E-state index contributed by atoms with van der Waals surface area (Å²) >= 11 is 0. The molecule has 2 aromatic heterocycles. The third kappa shape index (κ3) is 3.65. The summed E-state index contributed by atoms with van der Waals surface area (Å²) in [7, 11) is -4.05. The molecule has 0 atom stereocenters. The fourth-order valence-corrected chi connectivity index (χ4v) is 3.06. The quantitative estimate of drug-likeness (QED) is 0.671. The van der Waals surface area contributed by atoms with Gasteiger partial charge in [0.1, 0.15) is 11.0 Å². The van der Waals surface area contributed by atoms with E-state index in [0.717, 1.165) is 5.56 Å². The molecule has 0 aliphatic carbocycles. The van der Waals surface area contributed by atoms with E-state index in [-0.39, 0.29) is 16.3 Å². The number of aromatic nitrogens is 2. The highest BCUT2D eigenvalue weighted by Crippen LogP contribution is 2.25. The second-order valence-electron chi connectivity index (χ2n) is 5.22. The molecule has 0 saturated carbocycles. The van der Waals surface area contributed by atoms with Crippen LogP contribution in [0.15, 0.2) is 65.7 Å². The highest BCUT2D eigenvalue weighted by Gasteiger charge is 2.19. The normalized spacial score (nSPS) is 10.9. The SMILES string of the molecule is Cc1ccc(S(=O)(=O)Oc2ccc(-c3ccccn3)nc2C#N)cc1. The second kappa shape index (κ2) is 6.71. The van der Waals surface area contributed by atoms with Crippen LogP contribution in [-0.2, 0) is 10.1 Å². The van der Waals surface area contributed by atoms with Gasteiger partial charge >= 0.3 is 10.1 Å². The van der Waals surface area contributed by atoms with E-state index in [2.05, 4.69) is 9.97 Å². The van der Waals surface area contributed by atoms with Crippen LogP contribution >= 0.6 is 0 Å². The number of pyridine rings is 2. The van der Waals surface area contributed by atoms with Crippen molar-refractivity contribution in [3.05, 3.63) is 72.1 Å². The summed E-state index contributed by atoms with van der Waals surface area (Å²) in [6.07, 6.45) is 1.61. The Kier molecular flexibility index (Phi) is 4.46. The van der Waals surface area contributed by atoms with E-state index in [9.17, 15) is 13.7 Å². The van der Waals surface area contributed by atoms with Crippen LogP contribution in [0.25, 0.3) is 11.4 Å². The van der Waals surface area contributed by atoms with Crippen LogP contribution in [0.1, 0.15) is 11.3 Å².